The van der Waals surface area contributed by atoms with E-state index in [4.69, 9.17) is 9.84 Å². The highest BCUT2D eigenvalue weighted by Crippen LogP contribution is 2.12. The van der Waals surface area contributed by atoms with E-state index in [-0.39, 0.29) is 19.2 Å². The van der Waals surface area contributed by atoms with Crippen LogP contribution in [0.1, 0.15) is 13.3 Å². The molecule has 0 bridgehead atoms. The lowest BCUT2D eigenvalue weighted by Gasteiger charge is -2.31. The molecule has 1 atom stereocenters. The Morgan fingerprint density at radius 2 is 2.27 bits per heavy atom. The number of hydrogen-bond donors (Lipinski definition) is 1. The molecular formula is C8H15NO5S. The van der Waals surface area contributed by atoms with Crippen LogP contribution in [0.25, 0.3) is 0 Å². The van der Waals surface area contributed by atoms with Gasteiger partial charge in [-0.3, -0.25) is 4.79 Å². The van der Waals surface area contributed by atoms with Crippen molar-refractivity contribution in [2.24, 2.45) is 0 Å². The van der Waals surface area contributed by atoms with Gasteiger partial charge in [-0.05, 0) is 6.42 Å². The summed E-state index contributed by atoms with van der Waals surface area (Å²) in [5, 5.41) is 8.47. The van der Waals surface area contributed by atoms with Gasteiger partial charge in [-0.2, -0.15) is 4.31 Å². The molecule has 0 aromatic carbocycles. The van der Waals surface area contributed by atoms with Crippen LogP contribution in [0.4, 0.5) is 0 Å². The van der Waals surface area contributed by atoms with Crippen molar-refractivity contribution in [3.63, 3.8) is 0 Å². The second-order valence-corrected chi connectivity index (χ2v) is 5.38. The highest BCUT2D eigenvalue weighted by atomic mass is 32.2. The van der Waals surface area contributed by atoms with Crippen molar-refractivity contribution >= 4 is 16.0 Å². The monoisotopic (exact) mass is 237 g/mol. The molecule has 1 aliphatic heterocycles. The third kappa shape index (κ3) is 3.44. The Labute approximate surface area is 88.9 Å². The van der Waals surface area contributed by atoms with Crippen molar-refractivity contribution in [2.75, 3.05) is 25.4 Å². The molecule has 0 saturated carbocycles. The average molecular weight is 237 g/mol. The van der Waals surface area contributed by atoms with E-state index in [2.05, 4.69) is 0 Å². The van der Waals surface area contributed by atoms with Crippen LogP contribution in [0.15, 0.2) is 0 Å². The molecule has 0 spiro atoms. The summed E-state index contributed by atoms with van der Waals surface area (Å²) in [6, 6.07) is 0. The Balaban J connectivity index is 2.66. The fourth-order valence-electron chi connectivity index (χ4n) is 1.44. The minimum absolute atomic E-state index is 0.123. The Hall–Kier alpha value is -0.660. The third-order valence-electron chi connectivity index (χ3n) is 2.26. The highest BCUT2D eigenvalue weighted by Gasteiger charge is 2.30. The largest absolute Gasteiger partial charge is 0.480 e. The zero-order valence-corrected chi connectivity index (χ0v) is 9.37. The maximum absolute atomic E-state index is 11.5. The van der Waals surface area contributed by atoms with Gasteiger partial charge in [-0.15, -0.1) is 0 Å². The van der Waals surface area contributed by atoms with E-state index < -0.39 is 21.7 Å². The molecule has 1 unspecified atom stereocenters. The van der Waals surface area contributed by atoms with E-state index in [9.17, 15) is 13.2 Å². The Bertz CT molecular complexity index is 326. The highest BCUT2D eigenvalue weighted by molar-refractivity contribution is 7.89. The van der Waals surface area contributed by atoms with Crippen molar-refractivity contribution in [2.45, 2.75) is 19.4 Å². The molecule has 1 N–H and O–H groups in total. The van der Waals surface area contributed by atoms with E-state index in [0.29, 0.717) is 6.61 Å². The molecular weight excluding hydrogens is 222 g/mol. The molecule has 0 aromatic rings. The number of morpholine rings is 1. The fraction of sp³-hybridized carbons (Fsp3) is 0.875. The zero-order valence-electron chi connectivity index (χ0n) is 8.55. The van der Waals surface area contributed by atoms with Crippen LogP contribution in [0.3, 0.4) is 0 Å². The number of carboxylic acids is 1. The van der Waals surface area contributed by atoms with Crippen molar-refractivity contribution in [3.8, 4) is 0 Å². The summed E-state index contributed by atoms with van der Waals surface area (Å²) >= 11 is 0. The summed E-state index contributed by atoms with van der Waals surface area (Å²) < 4.78 is 29.6. The lowest BCUT2D eigenvalue weighted by molar-refractivity contribution is -0.134. The molecule has 88 valence electrons. The minimum atomic E-state index is -3.67. The maximum Gasteiger partial charge on any atom is 0.320 e. The van der Waals surface area contributed by atoms with Crippen molar-refractivity contribution in [1.82, 2.24) is 4.31 Å². The van der Waals surface area contributed by atoms with E-state index in [0.717, 1.165) is 6.42 Å². The van der Waals surface area contributed by atoms with Gasteiger partial charge in [0, 0.05) is 13.1 Å². The van der Waals surface area contributed by atoms with Gasteiger partial charge in [0.1, 0.15) is 0 Å². The van der Waals surface area contributed by atoms with Gasteiger partial charge in [0.05, 0.1) is 12.7 Å². The fourth-order valence-corrected chi connectivity index (χ4v) is 2.68. The van der Waals surface area contributed by atoms with Crippen molar-refractivity contribution in [1.29, 1.82) is 0 Å². The maximum atomic E-state index is 11.5. The van der Waals surface area contributed by atoms with Crippen LogP contribution in [-0.2, 0) is 19.6 Å². The number of sulfonamides is 1. The van der Waals surface area contributed by atoms with Gasteiger partial charge < -0.3 is 9.84 Å². The Morgan fingerprint density at radius 1 is 1.60 bits per heavy atom. The Morgan fingerprint density at radius 3 is 2.80 bits per heavy atom. The van der Waals surface area contributed by atoms with Crippen LogP contribution < -0.4 is 0 Å². The summed E-state index contributed by atoms with van der Waals surface area (Å²) in [6.07, 6.45) is 0.598. The first kappa shape index (κ1) is 12.4. The molecule has 0 amide bonds. The first-order valence-corrected chi connectivity index (χ1v) is 6.38. The van der Waals surface area contributed by atoms with Crippen LogP contribution in [-0.4, -0.2) is 55.4 Å². The Kier molecular flexibility index (Phi) is 4.06. The molecule has 1 aliphatic rings. The number of ether oxygens (including phenoxy) is 1. The van der Waals surface area contributed by atoms with E-state index >= 15 is 0 Å². The van der Waals surface area contributed by atoms with E-state index in [1.54, 1.807) is 0 Å². The first-order valence-electron chi connectivity index (χ1n) is 4.77. The van der Waals surface area contributed by atoms with Crippen molar-refractivity contribution < 1.29 is 23.1 Å². The molecule has 1 heterocycles. The second kappa shape index (κ2) is 4.91. The van der Waals surface area contributed by atoms with Gasteiger partial charge in [0.15, 0.2) is 5.75 Å². The first-order chi connectivity index (χ1) is 6.95. The van der Waals surface area contributed by atoms with Crippen LogP contribution in [0.2, 0.25) is 0 Å². The minimum Gasteiger partial charge on any atom is -0.480 e. The molecule has 0 radical (unpaired) electrons. The predicted octanol–water partition coefficient (Wildman–Crippen LogP) is -0.488. The smallest absolute Gasteiger partial charge is 0.320 e. The van der Waals surface area contributed by atoms with E-state index in [1.807, 2.05) is 6.92 Å². The number of aliphatic carboxylic acids is 1. The summed E-state index contributed by atoms with van der Waals surface area (Å²) in [7, 11) is -3.67. The molecule has 1 fully saturated rings. The second-order valence-electron chi connectivity index (χ2n) is 3.41. The number of rotatable bonds is 4. The summed E-state index contributed by atoms with van der Waals surface area (Å²) in [4.78, 5) is 10.4. The van der Waals surface area contributed by atoms with Crippen LogP contribution in [0.5, 0.6) is 0 Å². The van der Waals surface area contributed by atoms with Crippen LogP contribution in [0, 0.1) is 0 Å². The molecule has 0 aromatic heterocycles. The molecule has 1 rings (SSSR count). The molecule has 6 nitrogen and oxygen atoms in total. The van der Waals surface area contributed by atoms with Gasteiger partial charge in [-0.25, -0.2) is 8.42 Å². The van der Waals surface area contributed by atoms with Crippen LogP contribution >= 0.6 is 0 Å². The predicted molar refractivity (Wildman–Crippen MR) is 53.0 cm³/mol. The summed E-state index contributed by atoms with van der Waals surface area (Å²) in [6.45, 7) is 2.73. The third-order valence-corrected chi connectivity index (χ3v) is 3.99. The molecule has 1 saturated heterocycles. The standard InChI is InChI=1S/C8H15NO5S/c1-2-7-5-9(3-4-14-7)15(12,13)6-8(10)11/h7H,2-6H2,1H3,(H,10,11). The lowest BCUT2D eigenvalue weighted by Crippen LogP contribution is -2.47. The van der Waals surface area contributed by atoms with Gasteiger partial charge >= 0.3 is 5.97 Å². The number of nitrogens with zero attached hydrogens (tertiary/aromatic N) is 1. The van der Waals surface area contributed by atoms with E-state index in [1.165, 1.54) is 4.31 Å². The SMILES string of the molecule is CCC1CN(S(=O)(=O)CC(=O)O)CCO1. The molecule has 15 heavy (non-hydrogen) atoms. The number of carboxylic acid groups (broad SMARTS) is 1. The topological polar surface area (TPSA) is 83.9 Å². The quantitative estimate of drug-likeness (QED) is 0.713. The van der Waals surface area contributed by atoms with Gasteiger partial charge in [0.2, 0.25) is 10.0 Å². The average Bonchev–Trinajstić information content (AvgIpc) is 2.16. The number of hydrogen-bond acceptors (Lipinski definition) is 4. The van der Waals surface area contributed by atoms with Gasteiger partial charge in [0.25, 0.3) is 0 Å². The van der Waals surface area contributed by atoms with Crippen molar-refractivity contribution in [3.05, 3.63) is 0 Å². The molecule has 7 heteroatoms. The molecule has 0 aliphatic carbocycles. The zero-order chi connectivity index (χ0) is 11.5. The number of carbonyl (C=O) groups is 1. The van der Waals surface area contributed by atoms with Gasteiger partial charge in [-0.1, -0.05) is 6.92 Å². The summed E-state index contributed by atoms with van der Waals surface area (Å²) in [5.74, 6) is -2.17. The normalized spacial score (nSPS) is 23.9. The lowest BCUT2D eigenvalue weighted by atomic mass is 10.2. The summed E-state index contributed by atoms with van der Waals surface area (Å²) in [5.41, 5.74) is 0.